The Balaban J connectivity index is 2.55. The first-order chi connectivity index (χ1) is 9.49. The topological polar surface area (TPSA) is 103 Å². The van der Waals surface area contributed by atoms with Gasteiger partial charge >= 0.3 is 0 Å². The number of nitrogens with two attached hydrogens (primary N) is 3. The smallest absolute Gasteiger partial charge is 0.192 e. The number of nitrogen functional groups attached to an aromatic ring is 1. The molecule has 5 nitrogen and oxygen atoms in total. The monoisotopic (exact) mass is 305 g/mol. The Bertz CT molecular complexity index is 699. The van der Waals surface area contributed by atoms with Crippen LogP contribution in [0, 0.1) is 0 Å². The van der Waals surface area contributed by atoms with Crippen LogP contribution in [0.5, 0.6) is 0 Å². The second-order valence-corrected chi connectivity index (χ2v) is 4.82. The summed E-state index contributed by atoms with van der Waals surface area (Å²) in [7, 11) is 0. The number of benzene rings is 1. The van der Waals surface area contributed by atoms with Crippen molar-refractivity contribution in [2.24, 2.45) is 16.5 Å². The summed E-state index contributed by atoms with van der Waals surface area (Å²) in [5, 5.41) is 0.535. The molecule has 6 N–H and O–H groups in total. The molecule has 0 aliphatic carbocycles. The lowest BCUT2D eigenvalue weighted by Gasteiger charge is -2.09. The van der Waals surface area contributed by atoms with Crippen molar-refractivity contribution in [1.29, 1.82) is 0 Å². The number of thiocarbonyl (C=S) groups is 1. The molecule has 2 rings (SSSR count). The second kappa shape index (κ2) is 5.85. The predicted octanol–water partition coefficient (Wildman–Crippen LogP) is 1.93. The van der Waals surface area contributed by atoms with Crippen LogP contribution in [0.4, 0.5) is 5.69 Å². The lowest BCUT2D eigenvalue weighted by Crippen LogP contribution is -2.19. The standard InChI is InChI=1S/C13H12ClN5S/c14-10-3-4-18-6-9(10)7-1-2-11(15)8(5-7)12(16)19-13(17)20/h1-6H,15H2,(H4,16,17,19,20). The Kier molecular flexibility index (Phi) is 4.16. The molecule has 0 atom stereocenters. The lowest BCUT2D eigenvalue weighted by molar-refractivity contribution is 1.33. The maximum Gasteiger partial charge on any atom is 0.192 e. The zero-order chi connectivity index (χ0) is 14.7. The van der Waals surface area contributed by atoms with Crippen LogP contribution < -0.4 is 17.2 Å². The molecule has 0 unspecified atom stereocenters. The summed E-state index contributed by atoms with van der Waals surface area (Å²) < 4.78 is 0. The molecule has 0 aliphatic rings. The van der Waals surface area contributed by atoms with Crippen LogP contribution in [-0.4, -0.2) is 15.9 Å². The molecule has 1 aromatic carbocycles. The van der Waals surface area contributed by atoms with Crippen molar-refractivity contribution in [3.8, 4) is 11.1 Å². The van der Waals surface area contributed by atoms with E-state index >= 15 is 0 Å². The van der Waals surface area contributed by atoms with Crippen LogP contribution in [0.25, 0.3) is 11.1 Å². The minimum atomic E-state index is -0.0493. The third kappa shape index (κ3) is 3.04. The van der Waals surface area contributed by atoms with Gasteiger partial charge in [-0.2, -0.15) is 0 Å². The van der Waals surface area contributed by atoms with Crippen molar-refractivity contribution in [2.75, 3.05) is 5.73 Å². The number of pyridine rings is 1. The maximum atomic E-state index is 6.14. The zero-order valence-electron chi connectivity index (χ0n) is 10.4. The molecule has 0 bridgehead atoms. The molecule has 0 aliphatic heterocycles. The van der Waals surface area contributed by atoms with Gasteiger partial charge in [-0.25, -0.2) is 4.99 Å². The highest BCUT2D eigenvalue weighted by Crippen LogP contribution is 2.28. The molecular formula is C13H12ClN5S. The van der Waals surface area contributed by atoms with Crippen LogP contribution in [-0.2, 0) is 0 Å². The number of aromatic nitrogens is 1. The van der Waals surface area contributed by atoms with E-state index in [2.05, 4.69) is 9.98 Å². The van der Waals surface area contributed by atoms with Crippen LogP contribution in [0.15, 0.2) is 41.7 Å². The highest BCUT2D eigenvalue weighted by molar-refractivity contribution is 7.80. The SMILES string of the molecule is NC(=S)/N=C(\N)c1cc(-c2cnccc2Cl)ccc1N. The van der Waals surface area contributed by atoms with E-state index in [4.69, 9.17) is 41.0 Å². The van der Waals surface area contributed by atoms with Gasteiger partial charge in [0, 0.05) is 29.2 Å². The Morgan fingerprint density at radius 1 is 1.25 bits per heavy atom. The van der Waals surface area contributed by atoms with Crippen molar-refractivity contribution >= 4 is 40.5 Å². The number of aliphatic imine (C=N–C) groups is 1. The summed E-state index contributed by atoms with van der Waals surface area (Å²) in [6.07, 6.45) is 3.28. The normalized spacial score (nSPS) is 11.3. The molecule has 2 aromatic rings. The number of halogens is 1. The van der Waals surface area contributed by atoms with Crippen LogP contribution in [0.2, 0.25) is 5.02 Å². The Morgan fingerprint density at radius 3 is 2.65 bits per heavy atom. The number of hydrogen-bond donors (Lipinski definition) is 3. The minimum absolute atomic E-state index is 0.0493. The fourth-order valence-electron chi connectivity index (χ4n) is 1.71. The quantitative estimate of drug-likeness (QED) is 0.340. The van der Waals surface area contributed by atoms with E-state index in [0.717, 1.165) is 11.1 Å². The van der Waals surface area contributed by atoms with Crippen molar-refractivity contribution in [3.63, 3.8) is 0 Å². The van der Waals surface area contributed by atoms with Gasteiger partial charge in [0.25, 0.3) is 0 Å². The minimum Gasteiger partial charge on any atom is -0.398 e. The number of hydrogen-bond acceptors (Lipinski definition) is 3. The summed E-state index contributed by atoms with van der Waals surface area (Å²) in [5.41, 5.74) is 19.7. The third-order valence-electron chi connectivity index (χ3n) is 2.64. The first-order valence-corrected chi connectivity index (χ1v) is 6.41. The molecule has 7 heteroatoms. The van der Waals surface area contributed by atoms with Gasteiger partial charge in [0.05, 0.1) is 5.02 Å². The molecule has 0 radical (unpaired) electrons. The second-order valence-electron chi connectivity index (χ2n) is 3.99. The van der Waals surface area contributed by atoms with E-state index in [1.807, 2.05) is 6.07 Å². The molecule has 0 fully saturated rings. The molecule has 1 heterocycles. The summed E-state index contributed by atoms with van der Waals surface area (Å²) in [6, 6.07) is 7.03. The van der Waals surface area contributed by atoms with E-state index < -0.39 is 0 Å². The number of amidine groups is 1. The van der Waals surface area contributed by atoms with E-state index in [-0.39, 0.29) is 10.9 Å². The summed E-state index contributed by atoms with van der Waals surface area (Å²) in [4.78, 5) is 7.89. The van der Waals surface area contributed by atoms with Gasteiger partial charge in [-0.15, -0.1) is 0 Å². The predicted molar refractivity (Wildman–Crippen MR) is 86.6 cm³/mol. The Hall–Kier alpha value is -2.18. The largest absolute Gasteiger partial charge is 0.398 e. The number of rotatable bonds is 2. The van der Waals surface area contributed by atoms with Gasteiger partial charge in [-0.1, -0.05) is 17.7 Å². The molecular weight excluding hydrogens is 294 g/mol. The molecule has 1 aromatic heterocycles. The van der Waals surface area contributed by atoms with Crippen molar-refractivity contribution in [2.45, 2.75) is 0 Å². The lowest BCUT2D eigenvalue weighted by atomic mass is 10.0. The van der Waals surface area contributed by atoms with Gasteiger partial charge < -0.3 is 17.2 Å². The van der Waals surface area contributed by atoms with E-state index in [1.165, 1.54) is 0 Å². The molecule has 0 amide bonds. The van der Waals surface area contributed by atoms with Crippen LogP contribution >= 0.6 is 23.8 Å². The molecule has 0 saturated carbocycles. The van der Waals surface area contributed by atoms with Crippen molar-refractivity contribution in [1.82, 2.24) is 4.98 Å². The van der Waals surface area contributed by atoms with Gasteiger partial charge in [0.2, 0.25) is 0 Å². The molecule has 0 spiro atoms. The molecule has 20 heavy (non-hydrogen) atoms. The van der Waals surface area contributed by atoms with E-state index in [9.17, 15) is 0 Å². The highest BCUT2D eigenvalue weighted by Gasteiger charge is 2.09. The Labute approximate surface area is 126 Å². The van der Waals surface area contributed by atoms with E-state index in [1.54, 1.807) is 30.6 Å². The fourth-order valence-corrected chi connectivity index (χ4v) is 2.03. The summed E-state index contributed by atoms with van der Waals surface area (Å²) in [5.74, 6) is 0.164. The Morgan fingerprint density at radius 2 is 2.00 bits per heavy atom. The number of nitrogens with zero attached hydrogens (tertiary/aromatic N) is 2. The highest BCUT2D eigenvalue weighted by atomic mass is 35.5. The van der Waals surface area contributed by atoms with Crippen molar-refractivity contribution in [3.05, 3.63) is 47.2 Å². The van der Waals surface area contributed by atoms with Gasteiger partial charge in [-0.3, -0.25) is 4.98 Å². The van der Waals surface area contributed by atoms with Gasteiger partial charge in [-0.05, 0) is 36.0 Å². The van der Waals surface area contributed by atoms with Gasteiger partial charge in [0.15, 0.2) is 5.11 Å². The molecule has 0 saturated heterocycles. The summed E-state index contributed by atoms with van der Waals surface area (Å²) >= 11 is 10.8. The fraction of sp³-hybridized carbons (Fsp3) is 0. The first kappa shape index (κ1) is 14.2. The van der Waals surface area contributed by atoms with Crippen molar-refractivity contribution < 1.29 is 0 Å². The summed E-state index contributed by atoms with van der Waals surface area (Å²) in [6.45, 7) is 0. The molecule has 102 valence electrons. The zero-order valence-corrected chi connectivity index (χ0v) is 11.9. The van der Waals surface area contributed by atoms with Gasteiger partial charge in [0.1, 0.15) is 5.84 Å². The third-order valence-corrected chi connectivity index (χ3v) is 3.06. The van der Waals surface area contributed by atoms with E-state index in [0.29, 0.717) is 16.3 Å². The maximum absolute atomic E-state index is 6.14. The average Bonchev–Trinajstić information content (AvgIpc) is 2.39. The number of anilines is 1. The average molecular weight is 306 g/mol. The van der Waals surface area contributed by atoms with Crippen LogP contribution in [0.3, 0.4) is 0 Å². The first-order valence-electron chi connectivity index (χ1n) is 5.62. The van der Waals surface area contributed by atoms with Crippen LogP contribution in [0.1, 0.15) is 5.56 Å².